The predicted octanol–water partition coefficient (Wildman–Crippen LogP) is 1.05. The molecule has 0 aliphatic rings. The zero-order valence-corrected chi connectivity index (χ0v) is 12.7. The van der Waals surface area contributed by atoms with Crippen molar-refractivity contribution >= 4 is 10.0 Å². The van der Waals surface area contributed by atoms with Crippen LogP contribution in [0.25, 0.3) is 0 Å². The van der Waals surface area contributed by atoms with Crippen LogP contribution in [0.2, 0.25) is 0 Å². The van der Waals surface area contributed by atoms with Crippen LogP contribution in [-0.4, -0.2) is 29.8 Å². The van der Waals surface area contributed by atoms with Crippen molar-refractivity contribution in [3.8, 4) is 0 Å². The van der Waals surface area contributed by atoms with Crippen LogP contribution in [0.5, 0.6) is 0 Å². The Morgan fingerprint density at radius 2 is 2.19 bits per heavy atom. The maximum absolute atomic E-state index is 12.3. The molecule has 0 aliphatic heterocycles. The molecule has 0 fully saturated rings. The normalized spacial score (nSPS) is 11.7. The summed E-state index contributed by atoms with van der Waals surface area (Å²) in [5, 5.41) is 13.2. The lowest BCUT2D eigenvalue weighted by molar-refractivity contribution is 0.281. The van der Waals surface area contributed by atoms with Gasteiger partial charge in [-0.2, -0.15) is 5.10 Å². The van der Waals surface area contributed by atoms with Crippen molar-refractivity contribution in [3.05, 3.63) is 47.8 Å². The zero-order valence-electron chi connectivity index (χ0n) is 11.9. The minimum atomic E-state index is -3.56. The molecule has 0 atom stereocenters. The van der Waals surface area contributed by atoms with Gasteiger partial charge in [-0.15, -0.1) is 0 Å². The van der Waals surface area contributed by atoms with E-state index in [4.69, 9.17) is 5.11 Å². The van der Waals surface area contributed by atoms with Crippen molar-refractivity contribution < 1.29 is 13.5 Å². The van der Waals surface area contributed by atoms with Crippen molar-refractivity contribution in [2.24, 2.45) is 0 Å². The molecule has 0 radical (unpaired) electrons. The Kier molecular flexibility index (Phi) is 5.11. The van der Waals surface area contributed by atoms with Crippen LogP contribution >= 0.6 is 0 Å². The lowest BCUT2D eigenvalue weighted by atomic mass is 10.2. The van der Waals surface area contributed by atoms with E-state index in [1.165, 1.54) is 6.07 Å². The number of rotatable bonds is 7. The first-order valence-electron chi connectivity index (χ1n) is 6.70. The molecule has 114 valence electrons. The Morgan fingerprint density at radius 3 is 2.86 bits per heavy atom. The highest BCUT2D eigenvalue weighted by Gasteiger charge is 2.16. The van der Waals surface area contributed by atoms with Crippen molar-refractivity contribution in [1.82, 2.24) is 14.5 Å². The van der Waals surface area contributed by atoms with Crippen LogP contribution in [0, 0.1) is 6.92 Å². The fourth-order valence-electron chi connectivity index (χ4n) is 1.99. The highest BCUT2D eigenvalue weighted by atomic mass is 32.2. The molecular formula is C14H19N3O3S. The van der Waals surface area contributed by atoms with Crippen LogP contribution in [0.3, 0.4) is 0 Å². The number of nitrogens with one attached hydrogen (secondary N) is 1. The number of nitrogens with zero attached hydrogens (tertiary/aromatic N) is 2. The number of hydrogen-bond acceptors (Lipinski definition) is 4. The molecule has 1 aromatic carbocycles. The van der Waals surface area contributed by atoms with Gasteiger partial charge in [-0.1, -0.05) is 12.1 Å². The third kappa shape index (κ3) is 4.13. The van der Waals surface area contributed by atoms with Crippen molar-refractivity contribution in [3.63, 3.8) is 0 Å². The van der Waals surface area contributed by atoms with Gasteiger partial charge in [-0.3, -0.25) is 4.68 Å². The first-order chi connectivity index (χ1) is 10.0. The van der Waals surface area contributed by atoms with Gasteiger partial charge in [0.1, 0.15) is 0 Å². The summed E-state index contributed by atoms with van der Waals surface area (Å²) in [5.41, 5.74) is 1.24. The van der Waals surface area contributed by atoms with E-state index in [1.54, 1.807) is 29.9 Å². The van der Waals surface area contributed by atoms with Gasteiger partial charge in [0.25, 0.3) is 0 Å². The molecule has 7 heteroatoms. The smallest absolute Gasteiger partial charge is 0.240 e. The second kappa shape index (κ2) is 6.84. The molecule has 2 rings (SSSR count). The topological polar surface area (TPSA) is 84.2 Å². The van der Waals surface area contributed by atoms with Crippen molar-refractivity contribution in [2.45, 2.75) is 31.4 Å². The summed E-state index contributed by atoms with van der Waals surface area (Å²) in [4.78, 5) is 0.216. The molecule has 2 aromatic rings. The van der Waals surface area contributed by atoms with Gasteiger partial charge in [-0.05, 0) is 36.6 Å². The predicted molar refractivity (Wildman–Crippen MR) is 79.1 cm³/mol. The molecule has 0 saturated heterocycles. The Morgan fingerprint density at radius 1 is 1.38 bits per heavy atom. The molecule has 0 aliphatic carbocycles. The third-order valence-corrected chi connectivity index (χ3v) is 4.74. The molecule has 0 bridgehead atoms. The molecule has 0 amide bonds. The number of sulfonamides is 1. The summed E-state index contributed by atoms with van der Waals surface area (Å²) in [6.45, 7) is 2.55. The molecule has 2 N–H and O–H groups in total. The highest BCUT2D eigenvalue weighted by molar-refractivity contribution is 7.89. The fraction of sp³-hybridized carbons (Fsp3) is 0.357. The van der Waals surface area contributed by atoms with E-state index in [9.17, 15) is 8.42 Å². The van der Waals surface area contributed by atoms with Crippen LogP contribution in [0.1, 0.15) is 17.5 Å². The van der Waals surface area contributed by atoms with Crippen LogP contribution in [0.4, 0.5) is 0 Å². The average Bonchev–Trinajstić information content (AvgIpc) is 2.97. The number of hydrogen-bond donors (Lipinski definition) is 2. The van der Waals surface area contributed by atoms with Gasteiger partial charge in [0, 0.05) is 25.5 Å². The van der Waals surface area contributed by atoms with E-state index in [1.807, 2.05) is 12.3 Å². The van der Waals surface area contributed by atoms with Gasteiger partial charge < -0.3 is 5.11 Å². The SMILES string of the molecule is Cc1ccc(CO)cc1S(=O)(=O)NCCCn1cccn1. The molecule has 6 nitrogen and oxygen atoms in total. The quantitative estimate of drug-likeness (QED) is 0.749. The first-order valence-corrected chi connectivity index (χ1v) is 8.19. The van der Waals surface area contributed by atoms with Gasteiger partial charge in [0.2, 0.25) is 10.0 Å². The molecule has 0 unspecified atom stereocenters. The number of benzene rings is 1. The van der Waals surface area contributed by atoms with E-state index in [0.29, 0.717) is 30.6 Å². The first kappa shape index (κ1) is 15.7. The summed E-state index contributed by atoms with van der Waals surface area (Å²) in [6, 6.07) is 6.75. The number of aliphatic hydroxyl groups excluding tert-OH is 1. The standard InChI is InChI=1S/C14H19N3O3S/c1-12-4-5-13(11-18)10-14(12)21(19,20)16-7-3-9-17-8-2-6-15-17/h2,4-6,8,10,16,18H,3,7,9,11H2,1H3. The van der Waals surface area contributed by atoms with Gasteiger partial charge in [-0.25, -0.2) is 13.1 Å². The monoisotopic (exact) mass is 309 g/mol. The molecule has 1 aromatic heterocycles. The second-order valence-corrected chi connectivity index (χ2v) is 6.51. The lowest BCUT2D eigenvalue weighted by Gasteiger charge is -2.10. The van der Waals surface area contributed by atoms with Crippen molar-refractivity contribution in [2.75, 3.05) is 6.54 Å². The minimum Gasteiger partial charge on any atom is -0.392 e. The van der Waals surface area contributed by atoms with Crippen LogP contribution in [0.15, 0.2) is 41.6 Å². The maximum atomic E-state index is 12.3. The fourth-order valence-corrected chi connectivity index (χ4v) is 3.36. The summed E-state index contributed by atoms with van der Waals surface area (Å²) in [5.74, 6) is 0. The average molecular weight is 309 g/mol. The van der Waals surface area contributed by atoms with E-state index >= 15 is 0 Å². The molecule has 1 heterocycles. The number of aromatic nitrogens is 2. The van der Waals surface area contributed by atoms with E-state index < -0.39 is 10.0 Å². The van der Waals surface area contributed by atoms with Gasteiger partial charge in [0.15, 0.2) is 0 Å². The Bertz CT molecular complexity index is 681. The molecule has 0 saturated carbocycles. The van der Waals surface area contributed by atoms with Gasteiger partial charge >= 0.3 is 0 Å². The summed E-state index contributed by atoms with van der Waals surface area (Å²) in [7, 11) is -3.56. The summed E-state index contributed by atoms with van der Waals surface area (Å²) < 4.78 is 28.9. The van der Waals surface area contributed by atoms with Crippen LogP contribution < -0.4 is 4.72 Å². The van der Waals surface area contributed by atoms with E-state index in [-0.39, 0.29) is 11.5 Å². The zero-order chi connectivity index (χ0) is 15.3. The summed E-state index contributed by atoms with van der Waals surface area (Å²) in [6.07, 6.45) is 4.18. The highest BCUT2D eigenvalue weighted by Crippen LogP contribution is 2.17. The number of aliphatic hydroxyl groups is 1. The minimum absolute atomic E-state index is 0.178. The van der Waals surface area contributed by atoms with E-state index in [0.717, 1.165) is 0 Å². The molecular weight excluding hydrogens is 290 g/mol. The lowest BCUT2D eigenvalue weighted by Crippen LogP contribution is -2.26. The Labute approximate surface area is 124 Å². The second-order valence-electron chi connectivity index (χ2n) is 4.78. The maximum Gasteiger partial charge on any atom is 0.240 e. The largest absolute Gasteiger partial charge is 0.392 e. The van der Waals surface area contributed by atoms with Crippen molar-refractivity contribution in [1.29, 1.82) is 0 Å². The summed E-state index contributed by atoms with van der Waals surface area (Å²) >= 11 is 0. The molecule has 0 spiro atoms. The van der Waals surface area contributed by atoms with E-state index in [2.05, 4.69) is 9.82 Å². The Balaban J connectivity index is 1.98. The number of aryl methyl sites for hydroxylation is 2. The van der Waals surface area contributed by atoms with Gasteiger partial charge in [0.05, 0.1) is 11.5 Å². The molecule has 21 heavy (non-hydrogen) atoms. The van der Waals surface area contributed by atoms with Crippen LogP contribution in [-0.2, 0) is 23.2 Å². The Hall–Kier alpha value is -1.70. The third-order valence-electron chi connectivity index (χ3n) is 3.14.